The van der Waals surface area contributed by atoms with Crippen LogP contribution < -0.4 is 4.31 Å². The third-order valence-corrected chi connectivity index (χ3v) is 5.16. The van der Waals surface area contributed by atoms with Gasteiger partial charge in [-0.3, -0.25) is 9.10 Å². The molecule has 0 amide bonds. The fourth-order valence-electron chi connectivity index (χ4n) is 2.28. The van der Waals surface area contributed by atoms with Crippen LogP contribution in [0.3, 0.4) is 0 Å². The minimum atomic E-state index is -3.22. The van der Waals surface area contributed by atoms with Crippen molar-refractivity contribution in [2.45, 2.75) is 19.8 Å². The SMILES string of the molecule is CC1CN(c2cccc(CCC(=O)O)c2)S(=O)(=O)C1. The zero-order valence-corrected chi connectivity index (χ0v) is 11.6. The minimum absolute atomic E-state index is 0.0482. The lowest BCUT2D eigenvalue weighted by Crippen LogP contribution is -2.25. The molecule has 0 aliphatic carbocycles. The number of benzene rings is 1. The maximum absolute atomic E-state index is 12.0. The zero-order valence-electron chi connectivity index (χ0n) is 10.7. The Hall–Kier alpha value is -1.56. The van der Waals surface area contributed by atoms with Gasteiger partial charge in [-0.2, -0.15) is 0 Å². The maximum Gasteiger partial charge on any atom is 0.303 e. The molecule has 0 saturated carbocycles. The average Bonchev–Trinajstić information content (AvgIpc) is 2.60. The number of aryl methyl sites for hydroxylation is 1. The molecule has 0 radical (unpaired) electrons. The summed E-state index contributed by atoms with van der Waals surface area (Å²) >= 11 is 0. The summed E-state index contributed by atoms with van der Waals surface area (Å²) in [4.78, 5) is 10.6. The van der Waals surface area contributed by atoms with Gasteiger partial charge in [-0.1, -0.05) is 19.1 Å². The number of sulfonamides is 1. The summed E-state index contributed by atoms with van der Waals surface area (Å²) in [5, 5.41) is 8.67. The zero-order chi connectivity index (χ0) is 14.0. The molecule has 1 aliphatic heterocycles. The Morgan fingerprint density at radius 1 is 1.47 bits per heavy atom. The van der Waals surface area contributed by atoms with Crippen LogP contribution in [0.4, 0.5) is 5.69 Å². The van der Waals surface area contributed by atoms with E-state index in [-0.39, 0.29) is 18.1 Å². The van der Waals surface area contributed by atoms with E-state index in [0.717, 1.165) is 5.56 Å². The predicted molar refractivity (Wildman–Crippen MR) is 72.7 cm³/mol. The molecular formula is C13H17NO4S. The molecule has 0 aromatic heterocycles. The molecule has 1 atom stereocenters. The predicted octanol–water partition coefficient (Wildman–Crippen LogP) is 1.49. The topological polar surface area (TPSA) is 74.7 Å². The highest BCUT2D eigenvalue weighted by Gasteiger charge is 2.33. The van der Waals surface area contributed by atoms with E-state index in [1.54, 1.807) is 18.2 Å². The van der Waals surface area contributed by atoms with Crippen molar-refractivity contribution >= 4 is 21.7 Å². The molecule has 19 heavy (non-hydrogen) atoms. The third kappa shape index (κ3) is 3.26. The van der Waals surface area contributed by atoms with Crippen LogP contribution in [0.5, 0.6) is 0 Å². The summed E-state index contributed by atoms with van der Waals surface area (Å²) in [5.74, 6) is -0.563. The fourth-order valence-corrected chi connectivity index (χ4v) is 4.20. The number of carboxylic acids is 1. The molecule has 1 N–H and O–H groups in total. The van der Waals surface area contributed by atoms with Crippen molar-refractivity contribution in [1.82, 2.24) is 0 Å². The maximum atomic E-state index is 12.0. The number of carboxylic acid groups (broad SMARTS) is 1. The normalized spacial score (nSPS) is 21.5. The molecule has 1 saturated heterocycles. The van der Waals surface area contributed by atoms with Crippen LogP contribution in [0.25, 0.3) is 0 Å². The molecule has 0 spiro atoms. The molecule has 0 bridgehead atoms. The Morgan fingerprint density at radius 3 is 2.79 bits per heavy atom. The highest BCUT2D eigenvalue weighted by molar-refractivity contribution is 7.93. The molecule has 104 valence electrons. The van der Waals surface area contributed by atoms with Gasteiger partial charge in [0.1, 0.15) is 0 Å². The van der Waals surface area contributed by atoms with Crippen LogP contribution in [0, 0.1) is 5.92 Å². The lowest BCUT2D eigenvalue weighted by Gasteiger charge is -2.17. The Balaban J connectivity index is 2.21. The van der Waals surface area contributed by atoms with E-state index in [4.69, 9.17) is 5.11 Å². The second-order valence-corrected chi connectivity index (χ2v) is 6.92. The number of rotatable bonds is 4. The first kappa shape index (κ1) is 13.9. The molecule has 1 heterocycles. The average molecular weight is 283 g/mol. The summed E-state index contributed by atoms with van der Waals surface area (Å²) in [6.07, 6.45) is 0.458. The molecule has 1 unspecified atom stereocenters. The molecular weight excluding hydrogens is 266 g/mol. The Bertz CT molecular complexity index is 582. The van der Waals surface area contributed by atoms with Gasteiger partial charge >= 0.3 is 5.97 Å². The van der Waals surface area contributed by atoms with Crippen molar-refractivity contribution < 1.29 is 18.3 Å². The first-order valence-corrected chi connectivity index (χ1v) is 7.80. The van der Waals surface area contributed by atoms with E-state index in [2.05, 4.69) is 0 Å². The van der Waals surface area contributed by atoms with Gasteiger partial charge in [-0.15, -0.1) is 0 Å². The third-order valence-electron chi connectivity index (χ3n) is 3.13. The minimum Gasteiger partial charge on any atom is -0.481 e. The van der Waals surface area contributed by atoms with Crippen LogP contribution in [-0.2, 0) is 21.2 Å². The Morgan fingerprint density at radius 2 is 2.21 bits per heavy atom. The van der Waals surface area contributed by atoms with Crippen LogP contribution in [0.15, 0.2) is 24.3 Å². The van der Waals surface area contributed by atoms with Crippen LogP contribution >= 0.6 is 0 Å². The number of anilines is 1. The molecule has 1 aliphatic rings. The Kier molecular flexibility index (Phi) is 3.80. The highest BCUT2D eigenvalue weighted by atomic mass is 32.2. The first-order chi connectivity index (χ1) is 8.88. The summed E-state index contributed by atoms with van der Waals surface area (Å²) in [7, 11) is -3.22. The van der Waals surface area contributed by atoms with E-state index in [0.29, 0.717) is 18.7 Å². The lowest BCUT2D eigenvalue weighted by molar-refractivity contribution is -0.136. The van der Waals surface area contributed by atoms with Crippen LogP contribution in [0.2, 0.25) is 0 Å². The standard InChI is InChI=1S/C13H17NO4S/c1-10-8-14(19(17,18)9-10)12-4-2-3-11(7-12)5-6-13(15)16/h2-4,7,10H,5-6,8-9H2,1H3,(H,15,16). The van der Waals surface area contributed by atoms with Gasteiger partial charge < -0.3 is 5.11 Å². The number of nitrogens with zero attached hydrogens (tertiary/aromatic N) is 1. The van der Waals surface area contributed by atoms with Crippen molar-refractivity contribution in [3.63, 3.8) is 0 Å². The van der Waals surface area contributed by atoms with E-state index in [1.165, 1.54) is 4.31 Å². The smallest absolute Gasteiger partial charge is 0.303 e. The van der Waals surface area contributed by atoms with Crippen LogP contribution in [0.1, 0.15) is 18.9 Å². The van der Waals surface area contributed by atoms with Gasteiger partial charge in [0.05, 0.1) is 11.4 Å². The quantitative estimate of drug-likeness (QED) is 0.908. The summed E-state index contributed by atoms with van der Waals surface area (Å²) in [5.41, 5.74) is 1.47. The van der Waals surface area contributed by atoms with E-state index in [1.807, 2.05) is 13.0 Å². The molecule has 1 fully saturated rings. The van der Waals surface area contributed by atoms with Gasteiger partial charge in [0.2, 0.25) is 10.0 Å². The van der Waals surface area contributed by atoms with Gasteiger partial charge in [-0.05, 0) is 30.0 Å². The van der Waals surface area contributed by atoms with Crippen molar-refractivity contribution in [1.29, 1.82) is 0 Å². The fraction of sp³-hybridized carbons (Fsp3) is 0.462. The largest absolute Gasteiger partial charge is 0.481 e. The van der Waals surface area contributed by atoms with Crippen LogP contribution in [-0.4, -0.2) is 31.8 Å². The van der Waals surface area contributed by atoms with E-state index < -0.39 is 16.0 Å². The summed E-state index contributed by atoms with van der Waals surface area (Å²) < 4.78 is 25.4. The van der Waals surface area contributed by atoms with Crippen molar-refractivity contribution in [3.8, 4) is 0 Å². The first-order valence-electron chi connectivity index (χ1n) is 6.19. The molecule has 1 aromatic carbocycles. The number of aliphatic carboxylic acids is 1. The Labute approximate surface area is 112 Å². The van der Waals surface area contributed by atoms with Crippen molar-refractivity contribution in [2.24, 2.45) is 5.92 Å². The molecule has 1 aromatic rings. The molecule has 6 heteroatoms. The van der Waals surface area contributed by atoms with Gasteiger partial charge in [-0.25, -0.2) is 8.42 Å². The van der Waals surface area contributed by atoms with Crippen molar-refractivity contribution in [3.05, 3.63) is 29.8 Å². The van der Waals surface area contributed by atoms with E-state index >= 15 is 0 Å². The van der Waals surface area contributed by atoms with Gasteiger partial charge in [0, 0.05) is 13.0 Å². The number of hydrogen-bond acceptors (Lipinski definition) is 3. The summed E-state index contributed by atoms with van der Waals surface area (Å²) in [6.45, 7) is 2.40. The molecule has 5 nitrogen and oxygen atoms in total. The van der Waals surface area contributed by atoms with Gasteiger partial charge in [0.25, 0.3) is 0 Å². The van der Waals surface area contributed by atoms with E-state index in [9.17, 15) is 13.2 Å². The second kappa shape index (κ2) is 5.21. The number of carbonyl (C=O) groups is 1. The second-order valence-electron chi connectivity index (χ2n) is 4.98. The molecule has 2 rings (SSSR count). The van der Waals surface area contributed by atoms with Crippen molar-refractivity contribution in [2.75, 3.05) is 16.6 Å². The lowest BCUT2D eigenvalue weighted by atomic mass is 10.1. The highest BCUT2D eigenvalue weighted by Crippen LogP contribution is 2.27. The van der Waals surface area contributed by atoms with Gasteiger partial charge in [0.15, 0.2) is 0 Å². The summed E-state index contributed by atoms with van der Waals surface area (Å²) in [6, 6.07) is 7.10. The number of hydrogen-bond donors (Lipinski definition) is 1. The monoisotopic (exact) mass is 283 g/mol.